The van der Waals surface area contributed by atoms with Crippen molar-refractivity contribution in [2.75, 3.05) is 0 Å². The summed E-state index contributed by atoms with van der Waals surface area (Å²) in [5.74, 6) is 0.487. The highest BCUT2D eigenvalue weighted by atomic mass is 32.2. The molecule has 5 heteroatoms. The second-order valence-corrected chi connectivity index (χ2v) is 7.46. The van der Waals surface area contributed by atoms with Crippen molar-refractivity contribution >= 4 is 17.5 Å². The van der Waals surface area contributed by atoms with Crippen molar-refractivity contribution in [3.05, 3.63) is 22.6 Å². The first kappa shape index (κ1) is 12.9. The van der Waals surface area contributed by atoms with Crippen molar-refractivity contribution in [3.8, 4) is 0 Å². The first-order valence-corrected chi connectivity index (χ1v) is 7.50. The third-order valence-electron chi connectivity index (χ3n) is 5.35. The molecular formula is C14H18N2O2S. The molecule has 3 rings (SSSR count). The van der Waals surface area contributed by atoms with E-state index in [1.165, 1.54) is 24.0 Å². The summed E-state index contributed by atoms with van der Waals surface area (Å²) in [6, 6.07) is 1.39. The second kappa shape index (κ2) is 3.95. The van der Waals surface area contributed by atoms with Gasteiger partial charge in [0.2, 0.25) is 0 Å². The van der Waals surface area contributed by atoms with E-state index in [0.717, 1.165) is 12.8 Å². The van der Waals surface area contributed by atoms with Crippen molar-refractivity contribution in [3.63, 3.8) is 0 Å². The molecule has 0 spiro atoms. The molecule has 0 unspecified atom stereocenters. The fourth-order valence-corrected chi connectivity index (χ4v) is 5.17. The molecule has 3 atom stereocenters. The van der Waals surface area contributed by atoms with Crippen LogP contribution in [0.5, 0.6) is 0 Å². The number of hydrogen-bond acceptors (Lipinski definition) is 4. The van der Waals surface area contributed by atoms with E-state index < -0.39 is 0 Å². The van der Waals surface area contributed by atoms with E-state index in [2.05, 4.69) is 30.7 Å². The zero-order chi connectivity index (χ0) is 13.8. The van der Waals surface area contributed by atoms with Crippen LogP contribution in [-0.4, -0.2) is 21.0 Å². The number of aromatic nitrogens is 2. The molecule has 1 heterocycles. The Kier molecular flexibility index (Phi) is 2.68. The Morgan fingerprint density at radius 2 is 2.11 bits per heavy atom. The van der Waals surface area contributed by atoms with Crippen LogP contribution in [0.15, 0.2) is 22.2 Å². The molecule has 4 nitrogen and oxygen atoms in total. The summed E-state index contributed by atoms with van der Waals surface area (Å²) < 4.78 is 0. The van der Waals surface area contributed by atoms with E-state index in [4.69, 9.17) is 0 Å². The lowest BCUT2D eigenvalue weighted by molar-refractivity contribution is -0.122. The van der Waals surface area contributed by atoms with Gasteiger partial charge in [0.25, 0.3) is 5.56 Å². The highest BCUT2D eigenvalue weighted by Crippen LogP contribution is 2.66. The largest absolute Gasteiger partial charge is 0.301 e. The maximum absolute atomic E-state index is 12.5. The normalized spacial score (nSPS) is 35.8. The molecule has 2 aliphatic rings. The molecular weight excluding hydrogens is 260 g/mol. The van der Waals surface area contributed by atoms with Gasteiger partial charge in [-0.05, 0) is 23.7 Å². The molecule has 0 aromatic carbocycles. The lowest BCUT2D eigenvalue weighted by atomic mass is 9.71. The number of rotatable bonds is 2. The fraction of sp³-hybridized carbons (Fsp3) is 0.643. The van der Waals surface area contributed by atoms with Gasteiger partial charge in [0, 0.05) is 18.2 Å². The summed E-state index contributed by atoms with van der Waals surface area (Å²) in [6.45, 7) is 6.60. The van der Waals surface area contributed by atoms with Gasteiger partial charge in [-0.25, -0.2) is 4.98 Å². The van der Waals surface area contributed by atoms with Crippen molar-refractivity contribution < 1.29 is 4.79 Å². The molecule has 1 aromatic rings. The third-order valence-corrected chi connectivity index (χ3v) is 6.77. The Labute approximate surface area is 116 Å². The van der Waals surface area contributed by atoms with Gasteiger partial charge in [-0.2, -0.15) is 0 Å². The van der Waals surface area contributed by atoms with Crippen LogP contribution in [0.1, 0.15) is 33.6 Å². The van der Waals surface area contributed by atoms with Crippen LogP contribution in [-0.2, 0) is 4.79 Å². The number of H-pyrrole nitrogens is 1. The van der Waals surface area contributed by atoms with Crippen LogP contribution in [0.25, 0.3) is 0 Å². The molecule has 2 aliphatic carbocycles. The average molecular weight is 278 g/mol. The molecule has 1 aromatic heterocycles. The predicted molar refractivity (Wildman–Crippen MR) is 74.1 cm³/mol. The van der Waals surface area contributed by atoms with Gasteiger partial charge in [-0.1, -0.05) is 32.5 Å². The summed E-state index contributed by atoms with van der Waals surface area (Å²) in [7, 11) is 0. The van der Waals surface area contributed by atoms with Crippen LogP contribution in [0.2, 0.25) is 0 Å². The van der Waals surface area contributed by atoms with Crippen molar-refractivity contribution in [1.82, 2.24) is 9.97 Å². The van der Waals surface area contributed by atoms with E-state index in [0.29, 0.717) is 10.9 Å². The lowest BCUT2D eigenvalue weighted by Gasteiger charge is -2.37. The number of hydrogen-bond donors (Lipinski definition) is 1. The lowest BCUT2D eigenvalue weighted by Crippen LogP contribution is -2.36. The minimum atomic E-state index is -0.169. The molecule has 0 saturated heterocycles. The van der Waals surface area contributed by atoms with Crippen LogP contribution >= 0.6 is 11.8 Å². The molecule has 102 valence electrons. The van der Waals surface area contributed by atoms with Gasteiger partial charge in [0.05, 0.1) is 5.25 Å². The molecule has 1 N–H and O–H groups in total. The second-order valence-electron chi connectivity index (χ2n) is 6.37. The van der Waals surface area contributed by atoms with Gasteiger partial charge in [0.15, 0.2) is 5.16 Å². The van der Waals surface area contributed by atoms with E-state index in [1.54, 1.807) is 0 Å². The monoisotopic (exact) mass is 278 g/mol. The maximum atomic E-state index is 12.5. The van der Waals surface area contributed by atoms with Crippen molar-refractivity contribution in [2.24, 2.45) is 16.7 Å². The number of aromatic amines is 1. The minimum Gasteiger partial charge on any atom is -0.301 e. The Balaban J connectivity index is 1.95. The van der Waals surface area contributed by atoms with E-state index in [-0.39, 0.29) is 27.6 Å². The average Bonchev–Trinajstić information content (AvgIpc) is 2.63. The highest BCUT2D eigenvalue weighted by Gasteiger charge is 2.66. The predicted octanol–water partition coefficient (Wildman–Crippen LogP) is 2.26. The number of Topliss-reactive ketones (excluding diaryl/α,β-unsaturated/α-hetero) is 1. The molecule has 0 aliphatic heterocycles. The minimum absolute atomic E-state index is 0.00613. The number of carbonyl (C=O) groups excluding carboxylic acids is 1. The zero-order valence-corrected chi connectivity index (χ0v) is 12.2. The molecule has 2 bridgehead atoms. The van der Waals surface area contributed by atoms with Crippen LogP contribution < -0.4 is 5.56 Å². The quantitative estimate of drug-likeness (QED) is 0.843. The molecule has 2 fully saturated rings. The number of fused-ring (bicyclic) bond motifs is 2. The zero-order valence-electron chi connectivity index (χ0n) is 11.4. The Morgan fingerprint density at radius 3 is 2.68 bits per heavy atom. The number of ketones is 1. The smallest absolute Gasteiger partial charge is 0.251 e. The van der Waals surface area contributed by atoms with Crippen molar-refractivity contribution in [1.29, 1.82) is 0 Å². The first-order chi connectivity index (χ1) is 8.86. The molecule has 0 radical (unpaired) electrons. The van der Waals surface area contributed by atoms with Crippen LogP contribution in [0.4, 0.5) is 0 Å². The van der Waals surface area contributed by atoms with E-state index >= 15 is 0 Å². The summed E-state index contributed by atoms with van der Waals surface area (Å²) in [6.07, 6.45) is 3.57. The summed E-state index contributed by atoms with van der Waals surface area (Å²) in [4.78, 5) is 30.7. The van der Waals surface area contributed by atoms with Gasteiger partial charge in [0.1, 0.15) is 5.78 Å². The van der Waals surface area contributed by atoms with E-state index in [1.807, 2.05) is 0 Å². The van der Waals surface area contributed by atoms with E-state index in [9.17, 15) is 9.59 Å². The molecule has 0 amide bonds. The molecule has 2 saturated carbocycles. The van der Waals surface area contributed by atoms with Crippen molar-refractivity contribution in [2.45, 2.75) is 44.0 Å². The van der Waals surface area contributed by atoms with Gasteiger partial charge < -0.3 is 4.98 Å². The van der Waals surface area contributed by atoms with Crippen LogP contribution in [0.3, 0.4) is 0 Å². The number of nitrogens with one attached hydrogen (secondary N) is 1. The number of thioether (sulfide) groups is 1. The Morgan fingerprint density at radius 1 is 1.37 bits per heavy atom. The van der Waals surface area contributed by atoms with Gasteiger partial charge in [-0.15, -0.1) is 0 Å². The topological polar surface area (TPSA) is 62.8 Å². The maximum Gasteiger partial charge on any atom is 0.251 e. The fourth-order valence-electron chi connectivity index (χ4n) is 3.70. The summed E-state index contributed by atoms with van der Waals surface area (Å²) in [5, 5.41) is 0.460. The van der Waals surface area contributed by atoms with Gasteiger partial charge in [-0.3, -0.25) is 9.59 Å². The standard InChI is InChI=1S/C14H18N2O2S/c1-13(2)8-4-6-14(13,3)11(10(8)18)19-12-15-7-5-9(17)16-12/h5,7-8,11H,4,6H2,1-3H3,(H,15,16,17)/t8-,11-,14+/m1/s1. The third kappa shape index (κ3) is 1.64. The number of carbonyl (C=O) groups is 1. The molecule has 19 heavy (non-hydrogen) atoms. The SMILES string of the molecule is CC1(C)[C@@H]2CC[C@@]1(C)[C@H](Sc1nccc(=O)[nH]1)C2=O. The first-order valence-electron chi connectivity index (χ1n) is 6.62. The summed E-state index contributed by atoms with van der Waals surface area (Å²) in [5.41, 5.74) is -0.137. The highest BCUT2D eigenvalue weighted by molar-refractivity contribution is 8.00. The Hall–Kier alpha value is -1.10. The Bertz CT molecular complexity index is 595. The van der Waals surface area contributed by atoms with Gasteiger partial charge >= 0.3 is 0 Å². The number of nitrogens with zero attached hydrogens (tertiary/aromatic N) is 1. The van der Waals surface area contributed by atoms with Crippen LogP contribution in [0, 0.1) is 16.7 Å². The summed E-state index contributed by atoms with van der Waals surface area (Å²) >= 11 is 1.42.